The van der Waals surface area contributed by atoms with Crippen LogP contribution in [0.2, 0.25) is 0 Å². The monoisotopic (exact) mass is 272 g/mol. The molecule has 1 saturated carbocycles. The molecule has 0 aliphatic heterocycles. The average Bonchev–Trinajstić information content (AvgIpc) is 2.23. The maximum Gasteiger partial charge on any atom is 0.0837 e. The second-order valence-corrected chi connectivity index (χ2v) is 7.81. The first-order valence-corrected chi connectivity index (χ1v) is 7.53. The van der Waals surface area contributed by atoms with Crippen LogP contribution in [0.5, 0.6) is 0 Å². The van der Waals surface area contributed by atoms with Crippen molar-refractivity contribution in [3.8, 4) is 0 Å². The highest BCUT2D eigenvalue weighted by molar-refractivity contribution is 4.86. The quantitative estimate of drug-likeness (QED) is 0.797. The molecule has 1 N–H and O–H groups in total. The van der Waals surface area contributed by atoms with Gasteiger partial charge in [0.05, 0.1) is 31.0 Å². The minimum Gasteiger partial charge on any atom is -0.390 e. The summed E-state index contributed by atoms with van der Waals surface area (Å²) in [6.07, 6.45) is 2.57. The Morgan fingerprint density at radius 2 is 1.63 bits per heavy atom. The molecule has 0 aromatic heterocycles. The molecular formula is C16H32O3. The zero-order valence-corrected chi connectivity index (χ0v) is 13.5. The van der Waals surface area contributed by atoms with Crippen LogP contribution in [0.15, 0.2) is 0 Å². The lowest BCUT2D eigenvalue weighted by molar-refractivity contribution is -0.108. The zero-order valence-electron chi connectivity index (χ0n) is 13.5. The summed E-state index contributed by atoms with van der Waals surface area (Å²) >= 11 is 0. The van der Waals surface area contributed by atoms with E-state index in [-0.39, 0.29) is 17.8 Å². The summed E-state index contributed by atoms with van der Waals surface area (Å²) < 4.78 is 11.5. The highest BCUT2D eigenvalue weighted by Crippen LogP contribution is 2.38. The third-order valence-corrected chi connectivity index (χ3v) is 3.93. The SMILES string of the molecule is CC(C)(C)OCCOC1CC(C(C)(C)C)CCC1O. The summed E-state index contributed by atoms with van der Waals surface area (Å²) in [5.74, 6) is 0.629. The van der Waals surface area contributed by atoms with Crippen molar-refractivity contribution in [3.63, 3.8) is 0 Å². The van der Waals surface area contributed by atoms with Crippen LogP contribution >= 0.6 is 0 Å². The fourth-order valence-corrected chi connectivity index (χ4v) is 2.63. The van der Waals surface area contributed by atoms with Crippen LogP contribution in [0.25, 0.3) is 0 Å². The molecule has 1 fully saturated rings. The first-order chi connectivity index (χ1) is 8.59. The lowest BCUT2D eigenvalue weighted by Gasteiger charge is -2.40. The van der Waals surface area contributed by atoms with Gasteiger partial charge in [0.15, 0.2) is 0 Å². The molecule has 19 heavy (non-hydrogen) atoms. The summed E-state index contributed by atoms with van der Waals surface area (Å²) in [7, 11) is 0. The molecule has 0 spiro atoms. The minimum absolute atomic E-state index is 0.0263. The Morgan fingerprint density at radius 3 is 2.16 bits per heavy atom. The van der Waals surface area contributed by atoms with Crippen LogP contribution in [-0.2, 0) is 9.47 Å². The van der Waals surface area contributed by atoms with Crippen molar-refractivity contribution in [1.82, 2.24) is 0 Å². The predicted octanol–water partition coefficient (Wildman–Crippen LogP) is 3.39. The van der Waals surface area contributed by atoms with Gasteiger partial charge in [0.2, 0.25) is 0 Å². The van der Waals surface area contributed by atoms with Gasteiger partial charge in [0.25, 0.3) is 0 Å². The number of rotatable bonds is 4. The van der Waals surface area contributed by atoms with Crippen molar-refractivity contribution in [2.75, 3.05) is 13.2 Å². The Bertz CT molecular complexity index is 262. The fourth-order valence-electron chi connectivity index (χ4n) is 2.63. The van der Waals surface area contributed by atoms with Crippen LogP contribution in [0, 0.1) is 11.3 Å². The van der Waals surface area contributed by atoms with E-state index in [1.165, 1.54) is 0 Å². The molecule has 0 saturated heterocycles. The molecule has 3 heteroatoms. The van der Waals surface area contributed by atoms with Gasteiger partial charge in [0.1, 0.15) is 0 Å². The summed E-state index contributed by atoms with van der Waals surface area (Å²) in [6.45, 7) is 14.1. The van der Waals surface area contributed by atoms with E-state index in [0.717, 1.165) is 19.3 Å². The van der Waals surface area contributed by atoms with Crippen LogP contribution < -0.4 is 0 Å². The molecule has 114 valence electrons. The van der Waals surface area contributed by atoms with Crippen molar-refractivity contribution >= 4 is 0 Å². The minimum atomic E-state index is -0.312. The topological polar surface area (TPSA) is 38.7 Å². The Morgan fingerprint density at radius 1 is 1.00 bits per heavy atom. The van der Waals surface area contributed by atoms with Gasteiger partial charge in [-0.15, -0.1) is 0 Å². The molecule has 0 amide bonds. The molecule has 0 radical (unpaired) electrons. The standard InChI is InChI=1S/C16H32O3/c1-15(2,3)12-7-8-13(17)14(11-12)18-9-10-19-16(4,5)6/h12-14,17H,7-11H2,1-6H3. The third kappa shape index (κ3) is 6.24. The van der Waals surface area contributed by atoms with E-state index in [2.05, 4.69) is 20.8 Å². The molecule has 0 aromatic rings. The van der Waals surface area contributed by atoms with Gasteiger partial charge in [-0.1, -0.05) is 20.8 Å². The second-order valence-electron chi connectivity index (χ2n) is 7.81. The van der Waals surface area contributed by atoms with Gasteiger partial charge in [0, 0.05) is 0 Å². The molecule has 1 aliphatic rings. The molecule has 0 aromatic carbocycles. The van der Waals surface area contributed by atoms with E-state index in [1.807, 2.05) is 20.8 Å². The first kappa shape index (κ1) is 16.9. The molecular weight excluding hydrogens is 240 g/mol. The molecule has 1 aliphatic carbocycles. The smallest absolute Gasteiger partial charge is 0.0837 e. The summed E-state index contributed by atoms with van der Waals surface area (Å²) in [4.78, 5) is 0. The largest absolute Gasteiger partial charge is 0.390 e. The normalized spacial score (nSPS) is 29.5. The number of ether oxygens (including phenoxy) is 2. The second kappa shape index (κ2) is 6.55. The summed E-state index contributed by atoms with van der Waals surface area (Å²) in [5.41, 5.74) is 0.173. The van der Waals surface area contributed by atoms with Gasteiger partial charge >= 0.3 is 0 Å². The van der Waals surface area contributed by atoms with Crippen molar-refractivity contribution in [2.24, 2.45) is 11.3 Å². The average molecular weight is 272 g/mol. The van der Waals surface area contributed by atoms with Crippen LogP contribution in [0.1, 0.15) is 60.8 Å². The lowest BCUT2D eigenvalue weighted by Crippen LogP contribution is -2.40. The van der Waals surface area contributed by atoms with E-state index in [9.17, 15) is 5.11 Å². The zero-order chi connectivity index (χ0) is 14.7. The van der Waals surface area contributed by atoms with Gasteiger partial charge in [-0.3, -0.25) is 0 Å². The fraction of sp³-hybridized carbons (Fsp3) is 1.00. The molecule has 1 rings (SSSR count). The molecule has 3 atom stereocenters. The highest BCUT2D eigenvalue weighted by atomic mass is 16.5. The van der Waals surface area contributed by atoms with Crippen molar-refractivity contribution in [3.05, 3.63) is 0 Å². The summed E-state index contributed by atoms with van der Waals surface area (Å²) in [5, 5.41) is 10.0. The van der Waals surface area contributed by atoms with Gasteiger partial charge in [-0.05, 0) is 51.4 Å². The van der Waals surface area contributed by atoms with E-state index in [1.54, 1.807) is 0 Å². The van der Waals surface area contributed by atoms with Gasteiger partial charge < -0.3 is 14.6 Å². The maximum atomic E-state index is 10.0. The lowest BCUT2D eigenvalue weighted by atomic mass is 9.71. The maximum absolute atomic E-state index is 10.0. The predicted molar refractivity (Wildman–Crippen MR) is 78.2 cm³/mol. The third-order valence-electron chi connectivity index (χ3n) is 3.93. The molecule has 3 unspecified atom stereocenters. The van der Waals surface area contributed by atoms with Crippen molar-refractivity contribution in [2.45, 2.75) is 78.6 Å². The summed E-state index contributed by atoms with van der Waals surface area (Å²) in [6, 6.07) is 0. The van der Waals surface area contributed by atoms with E-state index in [0.29, 0.717) is 24.5 Å². The Hall–Kier alpha value is -0.120. The molecule has 3 nitrogen and oxygen atoms in total. The van der Waals surface area contributed by atoms with Crippen LogP contribution in [0.4, 0.5) is 0 Å². The van der Waals surface area contributed by atoms with Gasteiger partial charge in [-0.25, -0.2) is 0 Å². The van der Waals surface area contributed by atoms with Crippen molar-refractivity contribution < 1.29 is 14.6 Å². The Kier molecular flexibility index (Phi) is 5.84. The molecule has 0 heterocycles. The molecule has 0 bridgehead atoms. The van der Waals surface area contributed by atoms with E-state index >= 15 is 0 Å². The number of aliphatic hydroxyl groups is 1. The number of hydrogen-bond acceptors (Lipinski definition) is 3. The number of hydrogen-bond donors (Lipinski definition) is 1. The van der Waals surface area contributed by atoms with Gasteiger partial charge in [-0.2, -0.15) is 0 Å². The Labute approximate surface area is 118 Å². The van der Waals surface area contributed by atoms with Crippen LogP contribution in [-0.4, -0.2) is 36.1 Å². The first-order valence-electron chi connectivity index (χ1n) is 7.53. The Balaban J connectivity index is 2.35. The highest BCUT2D eigenvalue weighted by Gasteiger charge is 2.35. The van der Waals surface area contributed by atoms with Crippen molar-refractivity contribution in [1.29, 1.82) is 0 Å². The number of aliphatic hydroxyl groups excluding tert-OH is 1. The van der Waals surface area contributed by atoms with E-state index < -0.39 is 0 Å². The van der Waals surface area contributed by atoms with E-state index in [4.69, 9.17) is 9.47 Å². The van der Waals surface area contributed by atoms with Crippen LogP contribution in [0.3, 0.4) is 0 Å².